The van der Waals surface area contributed by atoms with Gasteiger partial charge in [-0.15, -0.1) is 0 Å². The molecule has 1 aromatic rings. The van der Waals surface area contributed by atoms with Gasteiger partial charge in [0.1, 0.15) is 5.82 Å². The molecule has 0 spiro atoms. The van der Waals surface area contributed by atoms with Gasteiger partial charge < -0.3 is 4.90 Å². The second-order valence-corrected chi connectivity index (χ2v) is 7.21. The minimum Gasteiger partial charge on any atom is -0.300 e. The molecule has 0 N–H and O–H groups in total. The fourth-order valence-electron chi connectivity index (χ4n) is 3.73. The Balaban J connectivity index is 1.47. The van der Waals surface area contributed by atoms with Gasteiger partial charge in [-0.25, -0.2) is 9.97 Å². The number of hydrogen-bond donors (Lipinski definition) is 0. The molecule has 0 aromatic carbocycles. The van der Waals surface area contributed by atoms with E-state index in [1.54, 1.807) is 0 Å². The van der Waals surface area contributed by atoms with Crippen LogP contribution in [-0.4, -0.2) is 52.0 Å². The number of likely N-dealkylation sites (tertiary alicyclic amines) is 2. The molecule has 3 heterocycles. The van der Waals surface area contributed by atoms with Crippen LogP contribution in [0.2, 0.25) is 0 Å². The number of rotatable bonds is 4. The van der Waals surface area contributed by atoms with Crippen molar-refractivity contribution in [2.45, 2.75) is 64.5 Å². The zero-order valence-electron chi connectivity index (χ0n) is 14.2. The largest absolute Gasteiger partial charge is 0.300 e. The maximum absolute atomic E-state index is 4.49. The molecule has 4 heteroatoms. The molecule has 2 aliphatic heterocycles. The second kappa shape index (κ2) is 7.51. The molecule has 2 saturated heterocycles. The van der Waals surface area contributed by atoms with Crippen molar-refractivity contribution in [3.05, 3.63) is 23.8 Å². The minimum atomic E-state index is 0.411. The summed E-state index contributed by atoms with van der Waals surface area (Å²) >= 11 is 0. The van der Waals surface area contributed by atoms with Crippen molar-refractivity contribution >= 4 is 0 Å². The molecule has 2 fully saturated rings. The van der Waals surface area contributed by atoms with Crippen LogP contribution in [0.4, 0.5) is 0 Å². The molecule has 2 aliphatic rings. The van der Waals surface area contributed by atoms with E-state index in [9.17, 15) is 0 Å². The predicted molar refractivity (Wildman–Crippen MR) is 89.8 cm³/mol. The van der Waals surface area contributed by atoms with Crippen LogP contribution in [0.3, 0.4) is 0 Å². The van der Waals surface area contributed by atoms with E-state index in [1.165, 1.54) is 63.8 Å². The van der Waals surface area contributed by atoms with Gasteiger partial charge in [0.05, 0.1) is 0 Å². The third-order valence-corrected chi connectivity index (χ3v) is 5.11. The van der Waals surface area contributed by atoms with Crippen LogP contribution in [0.25, 0.3) is 0 Å². The smallest absolute Gasteiger partial charge is 0.130 e. The Labute approximate surface area is 134 Å². The molecule has 0 aliphatic carbocycles. The maximum Gasteiger partial charge on any atom is 0.130 e. The topological polar surface area (TPSA) is 32.3 Å². The Kier molecular flexibility index (Phi) is 5.42. The SMILES string of the molecule is CC(C)c1ncc(CN2CCC(N3CCCCC3)CC2)cn1. The highest BCUT2D eigenvalue weighted by Crippen LogP contribution is 2.21. The first-order chi connectivity index (χ1) is 10.7. The Hall–Kier alpha value is -1.00. The van der Waals surface area contributed by atoms with E-state index in [1.807, 2.05) is 12.4 Å². The van der Waals surface area contributed by atoms with E-state index >= 15 is 0 Å². The summed E-state index contributed by atoms with van der Waals surface area (Å²) in [5.74, 6) is 1.36. The van der Waals surface area contributed by atoms with Crippen LogP contribution < -0.4 is 0 Å². The van der Waals surface area contributed by atoms with E-state index in [2.05, 4.69) is 33.6 Å². The van der Waals surface area contributed by atoms with E-state index in [-0.39, 0.29) is 0 Å². The van der Waals surface area contributed by atoms with Crippen LogP contribution in [0.1, 0.15) is 63.3 Å². The summed E-state index contributed by atoms with van der Waals surface area (Å²) in [4.78, 5) is 14.3. The summed E-state index contributed by atoms with van der Waals surface area (Å²) in [6.45, 7) is 10.4. The van der Waals surface area contributed by atoms with Gasteiger partial charge in [-0.3, -0.25) is 4.90 Å². The Morgan fingerprint density at radius 3 is 2.23 bits per heavy atom. The molecule has 0 bridgehead atoms. The highest BCUT2D eigenvalue weighted by atomic mass is 15.2. The number of aromatic nitrogens is 2. The standard InChI is InChI=1S/C18H30N4/c1-15(2)18-19-12-16(13-20-18)14-21-10-6-17(7-11-21)22-8-4-3-5-9-22/h12-13,15,17H,3-11,14H2,1-2H3. The molecule has 4 nitrogen and oxygen atoms in total. The predicted octanol–water partition coefficient (Wildman–Crippen LogP) is 3.05. The van der Waals surface area contributed by atoms with Gasteiger partial charge in [-0.1, -0.05) is 20.3 Å². The number of nitrogens with zero attached hydrogens (tertiary/aromatic N) is 4. The third kappa shape index (κ3) is 4.05. The third-order valence-electron chi connectivity index (χ3n) is 5.11. The fraction of sp³-hybridized carbons (Fsp3) is 0.778. The average molecular weight is 302 g/mol. The summed E-state index contributed by atoms with van der Waals surface area (Å²) in [6, 6.07) is 0.830. The average Bonchev–Trinajstić information content (AvgIpc) is 2.57. The molecule has 22 heavy (non-hydrogen) atoms. The highest BCUT2D eigenvalue weighted by Gasteiger charge is 2.25. The van der Waals surface area contributed by atoms with Gasteiger partial charge in [0.2, 0.25) is 0 Å². The first-order valence-corrected chi connectivity index (χ1v) is 8.99. The molecule has 0 amide bonds. The van der Waals surface area contributed by atoms with Gasteiger partial charge in [-0.05, 0) is 51.9 Å². The van der Waals surface area contributed by atoms with Crippen molar-refractivity contribution < 1.29 is 0 Å². The molecule has 1 aromatic heterocycles. The first kappa shape index (κ1) is 15.9. The Bertz CT molecular complexity index is 443. The van der Waals surface area contributed by atoms with Crippen molar-refractivity contribution in [1.82, 2.24) is 19.8 Å². The molecule has 0 radical (unpaired) electrons. The summed E-state index contributed by atoms with van der Waals surface area (Å²) in [5, 5.41) is 0. The minimum absolute atomic E-state index is 0.411. The number of hydrogen-bond acceptors (Lipinski definition) is 4. The van der Waals surface area contributed by atoms with Crippen molar-refractivity contribution in [1.29, 1.82) is 0 Å². The highest BCUT2D eigenvalue weighted by molar-refractivity contribution is 5.07. The van der Waals surface area contributed by atoms with Gasteiger partial charge in [-0.2, -0.15) is 0 Å². The maximum atomic E-state index is 4.49. The first-order valence-electron chi connectivity index (χ1n) is 8.99. The van der Waals surface area contributed by atoms with Crippen LogP contribution in [0.15, 0.2) is 12.4 Å². The van der Waals surface area contributed by atoms with Crippen molar-refractivity contribution in [2.75, 3.05) is 26.2 Å². The molecule has 3 rings (SSSR count). The quantitative estimate of drug-likeness (QED) is 0.856. The molecule has 0 atom stereocenters. The normalized spacial score (nSPS) is 22.3. The molecule has 0 saturated carbocycles. The molecule has 122 valence electrons. The van der Waals surface area contributed by atoms with Crippen LogP contribution >= 0.6 is 0 Å². The Morgan fingerprint density at radius 2 is 1.64 bits per heavy atom. The Morgan fingerprint density at radius 1 is 1.00 bits per heavy atom. The zero-order chi connectivity index (χ0) is 15.4. The van der Waals surface area contributed by atoms with E-state index in [0.29, 0.717) is 5.92 Å². The lowest BCUT2D eigenvalue weighted by Crippen LogP contribution is -2.46. The zero-order valence-corrected chi connectivity index (χ0v) is 14.2. The lowest BCUT2D eigenvalue weighted by Gasteiger charge is -2.40. The summed E-state index contributed by atoms with van der Waals surface area (Å²) in [6.07, 6.45) is 10.9. The summed E-state index contributed by atoms with van der Waals surface area (Å²) < 4.78 is 0. The summed E-state index contributed by atoms with van der Waals surface area (Å²) in [5.41, 5.74) is 1.25. The lowest BCUT2D eigenvalue weighted by molar-refractivity contribution is 0.0895. The van der Waals surface area contributed by atoms with E-state index in [4.69, 9.17) is 0 Å². The molecule has 0 unspecified atom stereocenters. The van der Waals surface area contributed by atoms with Crippen LogP contribution in [0, 0.1) is 0 Å². The molecular formula is C18H30N4. The van der Waals surface area contributed by atoms with Gasteiger partial charge in [0.25, 0.3) is 0 Å². The van der Waals surface area contributed by atoms with Crippen molar-refractivity contribution in [3.8, 4) is 0 Å². The van der Waals surface area contributed by atoms with Crippen molar-refractivity contribution in [3.63, 3.8) is 0 Å². The lowest BCUT2D eigenvalue weighted by atomic mass is 9.99. The number of piperidine rings is 2. The van der Waals surface area contributed by atoms with E-state index < -0.39 is 0 Å². The monoisotopic (exact) mass is 302 g/mol. The van der Waals surface area contributed by atoms with Crippen LogP contribution in [-0.2, 0) is 6.54 Å². The summed E-state index contributed by atoms with van der Waals surface area (Å²) in [7, 11) is 0. The van der Waals surface area contributed by atoms with E-state index in [0.717, 1.165) is 18.4 Å². The van der Waals surface area contributed by atoms with Gasteiger partial charge in [0.15, 0.2) is 0 Å². The fourth-order valence-corrected chi connectivity index (χ4v) is 3.73. The molecular weight excluding hydrogens is 272 g/mol. The van der Waals surface area contributed by atoms with Gasteiger partial charge >= 0.3 is 0 Å². The van der Waals surface area contributed by atoms with Crippen LogP contribution in [0.5, 0.6) is 0 Å². The second-order valence-electron chi connectivity index (χ2n) is 7.21. The van der Waals surface area contributed by atoms with Gasteiger partial charge in [0, 0.05) is 36.5 Å². The van der Waals surface area contributed by atoms with Crippen molar-refractivity contribution in [2.24, 2.45) is 0 Å².